The summed E-state index contributed by atoms with van der Waals surface area (Å²) in [6.07, 6.45) is 0.943. The monoisotopic (exact) mass is 446 g/mol. The number of ether oxygens (including phenoxy) is 1. The van der Waals surface area contributed by atoms with Gasteiger partial charge in [-0.2, -0.15) is 0 Å². The Morgan fingerprint density at radius 1 is 1.00 bits per heavy atom. The zero-order chi connectivity index (χ0) is 22.5. The highest BCUT2D eigenvalue weighted by Crippen LogP contribution is 2.42. The van der Waals surface area contributed by atoms with Crippen molar-refractivity contribution in [3.63, 3.8) is 0 Å². The molecule has 0 radical (unpaired) electrons. The Balaban J connectivity index is 1.47. The molecule has 1 fully saturated rings. The van der Waals surface area contributed by atoms with Crippen LogP contribution in [0.25, 0.3) is 0 Å². The fourth-order valence-corrected chi connectivity index (χ4v) is 4.82. The topological polar surface area (TPSA) is 58.6 Å². The van der Waals surface area contributed by atoms with Crippen LogP contribution in [-0.2, 0) is 11.2 Å². The predicted molar refractivity (Wildman–Crippen MR) is 131 cm³/mol. The predicted octanol–water partition coefficient (Wildman–Crippen LogP) is 5.68. The Morgan fingerprint density at radius 3 is 2.31 bits per heavy atom. The summed E-state index contributed by atoms with van der Waals surface area (Å²) in [4.78, 5) is 27.0. The van der Waals surface area contributed by atoms with Crippen LogP contribution in [0.2, 0.25) is 0 Å². The maximum absolute atomic E-state index is 12.6. The van der Waals surface area contributed by atoms with Gasteiger partial charge >= 0.3 is 0 Å². The van der Waals surface area contributed by atoms with Crippen LogP contribution in [0.5, 0.6) is 5.75 Å². The van der Waals surface area contributed by atoms with E-state index in [4.69, 9.17) is 4.74 Å². The van der Waals surface area contributed by atoms with Crippen LogP contribution >= 0.6 is 11.8 Å². The van der Waals surface area contributed by atoms with Gasteiger partial charge in [0.2, 0.25) is 5.91 Å². The standard InChI is InChI=1S/C26H26N2O3S/c1-3-18-5-7-19(8-6-18)25(30)27-21-11-9-20(10-12-21)26-28(24(29)17-32-26)22-13-15-23(16-14-22)31-4-2/h5-16,26H,3-4,17H2,1-2H3,(H,27,30). The van der Waals surface area contributed by atoms with Crippen LogP contribution in [-0.4, -0.2) is 24.2 Å². The zero-order valence-corrected chi connectivity index (χ0v) is 19.0. The third-order valence-electron chi connectivity index (χ3n) is 5.37. The molecule has 3 aromatic carbocycles. The number of benzene rings is 3. The molecule has 0 saturated carbocycles. The Hall–Kier alpha value is -3.25. The van der Waals surface area contributed by atoms with Crippen molar-refractivity contribution in [2.45, 2.75) is 25.6 Å². The average Bonchev–Trinajstić information content (AvgIpc) is 3.21. The largest absolute Gasteiger partial charge is 0.494 e. The van der Waals surface area contributed by atoms with Crippen LogP contribution in [0, 0.1) is 0 Å². The van der Waals surface area contributed by atoms with Gasteiger partial charge in [0.05, 0.1) is 12.4 Å². The first-order chi connectivity index (χ1) is 15.6. The Kier molecular flexibility index (Phi) is 6.81. The molecule has 0 bridgehead atoms. The van der Waals surface area contributed by atoms with E-state index in [2.05, 4.69) is 12.2 Å². The molecule has 5 nitrogen and oxygen atoms in total. The first kappa shape index (κ1) is 22.0. The number of nitrogens with zero attached hydrogens (tertiary/aromatic N) is 1. The van der Waals surface area contributed by atoms with Crippen LogP contribution in [0.1, 0.15) is 40.7 Å². The molecule has 4 rings (SSSR count). The van der Waals surface area contributed by atoms with E-state index in [-0.39, 0.29) is 17.2 Å². The molecule has 2 amide bonds. The van der Waals surface area contributed by atoms with Crippen molar-refractivity contribution >= 4 is 35.0 Å². The highest BCUT2D eigenvalue weighted by atomic mass is 32.2. The molecule has 0 aromatic heterocycles. The zero-order valence-electron chi connectivity index (χ0n) is 18.2. The van der Waals surface area contributed by atoms with E-state index in [0.717, 1.165) is 29.1 Å². The van der Waals surface area contributed by atoms with Crippen molar-refractivity contribution in [1.29, 1.82) is 0 Å². The van der Waals surface area contributed by atoms with Gasteiger partial charge in [0.25, 0.3) is 5.91 Å². The molecular weight excluding hydrogens is 420 g/mol. The van der Waals surface area contributed by atoms with Crippen LogP contribution in [0.15, 0.2) is 72.8 Å². The Labute approximate surface area is 192 Å². The Morgan fingerprint density at radius 2 is 1.69 bits per heavy atom. The van der Waals surface area contributed by atoms with E-state index in [9.17, 15) is 9.59 Å². The van der Waals surface area contributed by atoms with E-state index < -0.39 is 0 Å². The number of aryl methyl sites for hydroxylation is 1. The molecule has 32 heavy (non-hydrogen) atoms. The number of anilines is 2. The number of amides is 2. The van der Waals surface area contributed by atoms with Crippen LogP contribution < -0.4 is 15.0 Å². The van der Waals surface area contributed by atoms with E-state index in [1.165, 1.54) is 5.56 Å². The number of thioether (sulfide) groups is 1. The summed E-state index contributed by atoms with van der Waals surface area (Å²) in [6.45, 7) is 4.63. The molecule has 164 valence electrons. The average molecular weight is 447 g/mol. The lowest BCUT2D eigenvalue weighted by atomic mass is 10.1. The minimum absolute atomic E-state index is 0.0806. The second kappa shape index (κ2) is 9.92. The number of carbonyl (C=O) groups is 2. The normalized spacial score (nSPS) is 15.6. The number of rotatable bonds is 7. The first-order valence-corrected chi connectivity index (χ1v) is 11.8. The SMILES string of the molecule is CCOc1ccc(N2C(=O)CSC2c2ccc(NC(=O)c3ccc(CC)cc3)cc2)cc1. The van der Waals surface area contributed by atoms with Gasteiger partial charge in [-0.1, -0.05) is 31.2 Å². The summed E-state index contributed by atoms with van der Waals surface area (Å²) in [5, 5.41) is 2.84. The van der Waals surface area contributed by atoms with E-state index in [1.54, 1.807) is 11.8 Å². The van der Waals surface area contributed by atoms with Crippen LogP contribution in [0.3, 0.4) is 0 Å². The molecule has 1 atom stereocenters. The summed E-state index contributed by atoms with van der Waals surface area (Å²) in [5.41, 5.74) is 4.41. The number of hydrogen-bond donors (Lipinski definition) is 1. The van der Waals surface area contributed by atoms with Crippen molar-refractivity contribution in [2.75, 3.05) is 22.6 Å². The fourth-order valence-electron chi connectivity index (χ4n) is 3.65. The summed E-state index contributed by atoms with van der Waals surface area (Å²) >= 11 is 1.60. The molecule has 3 aromatic rings. The summed E-state index contributed by atoms with van der Waals surface area (Å²) in [7, 11) is 0. The van der Waals surface area contributed by atoms with E-state index >= 15 is 0 Å². The van der Waals surface area contributed by atoms with Gasteiger partial charge in [-0.25, -0.2) is 0 Å². The molecule has 1 saturated heterocycles. The number of nitrogens with one attached hydrogen (secondary N) is 1. The van der Waals surface area contributed by atoms with Gasteiger partial charge in [0.15, 0.2) is 0 Å². The van der Waals surface area contributed by atoms with E-state index in [0.29, 0.717) is 17.9 Å². The number of hydrogen-bond acceptors (Lipinski definition) is 4. The van der Waals surface area contributed by atoms with Gasteiger partial charge in [0.1, 0.15) is 11.1 Å². The van der Waals surface area contributed by atoms with Gasteiger partial charge < -0.3 is 10.1 Å². The lowest BCUT2D eigenvalue weighted by molar-refractivity contribution is -0.115. The fraction of sp³-hybridized carbons (Fsp3) is 0.231. The molecule has 1 aliphatic heterocycles. The smallest absolute Gasteiger partial charge is 0.255 e. The molecule has 6 heteroatoms. The van der Waals surface area contributed by atoms with Crippen molar-refractivity contribution < 1.29 is 14.3 Å². The summed E-state index contributed by atoms with van der Waals surface area (Å²) in [5.74, 6) is 1.17. The van der Waals surface area contributed by atoms with E-state index in [1.807, 2.05) is 84.6 Å². The first-order valence-electron chi connectivity index (χ1n) is 10.8. The summed E-state index contributed by atoms with van der Waals surface area (Å²) < 4.78 is 5.51. The number of carbonyl (C=O) groups excluding carboxylic acids is 2. The second-order valence-corrected chi connectivity index (χ2v) is 8.55. The molecular formula is C26H26N2O3S. The minimum Gasteiger partial charge on any atom is -0.494 e. The minimum atomic E-state index is -0.137. The third-order valence-corrected chi connectivity index (χ3v) is 6.58. The molecule has 1 heterocycles. The van der Waals surface area contributed by atoms with Crippen molar-refractivity contribution in [3.8, 4) is 5.75 Å². The Bertz CT molecular complexity index is 1080. The van der Waals surface area contributed by atoms with Crippen molar-refractivity contribution in [1.82, 2.24) is 0 Å². The maximum Gasteiger partial charge on any atom is 0.255 e. The molecule has 1 aliphatic rings. The van der Waals surface area contributed by atoms with Gasteiger partial charge in [-0.15, -0.1) is 11.8 Å². The van der Waals surface area contributed by atoms with Gasteiger partial charge in [-0.05, 0) is 73.0 Å². The highest BCUT2D eigenvalue weighted by molar-refractivity contribution is 8.00. The maximum atomic E-state index is 12.6. The van der Waals surface area contributed by atoms with Gasteiger partial charge in [-0.3, -0.25) is 14.5 Å². The lowest BCUT2D eigenvalue weighted by Crippen LogP contribution is -2.27. The molecule has 0 spiro atoms. The van der Waals surface area contributed by atoms with Crippen molar-refractivity contribution in [2.24, 2.45) is 0 Å². The van der Waals surface area contributed by atoms with Crippen LogP contribution in [0.4, 0.5) is 11.4 Å². The highest BCUT2D eigenvalue weighted by Gasteiger charge is 2.34. The second-order valence-electron chi connectivity index (χ2n) is 7.48. The third kappa shape index (κ3) is 4.81. The summed E-state index contributed by atoms with van der Waals surface area (Å²) in [6, 6.07) is 22.9. The lowest BCUT2D eigenvalue weighted by Gasteiger charge is -2.24. The molecule has 0 aliphatic carbocycles. The molecule has 1 N–H and O–H groups in total. The quantitative estimate of drug-likeness (QED) is 0.507. The van der Waals surface area contributed by atoms with Gasteiger partial charge in [0, 0.05) is 16.9 Å². The van der Waals surface area contributed by atoms with Crippen molar-refractivity contribution in [3.05, 3.63) is 89.5 Å². The molecule has 1 unspecified atom stereocenters.